The number of rotatable bonds is 6. The number of carbonyl (C=O) groups is 1. The van der Waals surface area contributed by atoms with Gasteiger partial charge in [0.15, 0.2) is 0 Å². The van der Waals surface area contributed by atoms with Crippen LogP contribution >= 0.6 is 11.3 Å². The zero-order valence-electron chi connectivity index (χ0n) is 16.3. The van der Waals surface area contributed by atoms with Crippen molar-refractivity contribution in [2.24, 2.45) is 0 Å². The van der Waals surface area contributed by atoms with Crippen LogP contribution < -0.4 is 0 Å². The molecule has 0 radical (unpaired) electrons. The van der Waals surface area contributed by atoms with Crippen LogP contribution in [0.25, 0.3) is 0 Å². The Kier molecular flexibility index (Phi) is 5.94. The molecule has 0 spiro atoms. The number of piperidine rings is 1. The van der Waals surface area contributed by atoms with Gasteiger partial charge in [-0.25, -0.2) is 0 Å². The van der Waals surface area contributed by atoms with Crippen molar-refractivity contribution < 1.29 is 4.79 Å². The molecule has 2 aliphatic rings. The standard InChI is InChI=1S/C23H30N2OS/c1-24(23(26)12-4-10-22-11-6-14-27-22)20-9-5-13-25(17-20)21-15-18-7-2-3-8-19(18)16-21/h2-3,6-8,11,14,20-21H,4-5,9-10,12-13,15-17H2,1H3/t20-/m1/s1. The van der Waals surface area contributed by atoms with Crippen LogP contribution in [-0.4, -0.2) is 47.9 Å². The van der Waals surface area contributed by atoms with Crippen molar-refractivity contribution >= 4 is 17.2 Å². The van der Waals surface area contributed by atoms with Crippen LogP contribution in [0.4, 0.5) is 0 Å². The van der Waals surface area contributed by atoms with E-state index in [2.05, 4.69) is 46.7 Å². The zero-order chi connectivity index (χ0) is 18.6. The van der Waals surface area contributed by atoms with Crippen molar-refractivity contribution in [3.63, 3.8) is 0 Å². The highest BCUT2D eigenvalue weighted by molar-refractivity contribution is 7.09. The average Bonchev–Trinajstić information content (AvgIpc) is 3.37. The summed E-state index contributed by atoms with van der Waals surface area (Å²) in [6, 6.07) is 14.1. The number of benzene rings is 1. The highest BCUT2D eigenvalue weighted by atomic mass is 32.1. The number of hydrogen-bond donors (Lipinski definition) is 0. The number of fused-ring (bicyclic) bond motifs is 1. The number of nitrogens with zero attached hydrogens (tertiary/aromatic N) is 2. The van der Waals surface area contributed by atoms with Gasteiger partial charge in [0.05, 0.1) is 0 Å². The van der Waals surface area contributed by atoms with Crippen LogP contribution in [0.1, 0.15) is 41.7 Å². The second-order valence-corrected chi connectivity index (χ2v) is 9.09. The normalized spacial score (nSPS) is 20.6. The topological polar surface area (TPSA) is 23.6 Å². The Morgan fingerprint density at radius 2 is 1.96 bits per heavy atom. The first kappa shape index (κ1) is 18.7. The van der Waals surface area contributed by atoms with Gasteiger partial charge in [0.1, 0.15) is 0 Å². The molecule has 4 rings (SSSR count). The molecule has 1 fully saturated rings. The van der Waals surface area contributed by atoms with Gasteiger partial charge in [0, 0.05) is 37.0 Å². The van der Waals surface area contributed by atoms with E-state index >= 15 is 0 Å². The van der Waals surface area contributed by atoms with Crippen molar-refractivity contribution in [3.05, 3.63) is 57.8 Å². The van der Waals surface area contributed by atoms with Crippen LogP contribution in [0.15, 0.2) is 41.8 Å². The third kappa shape index (κ3) is 4.44. The van der Waals surface area contributed by atoms with E-state index in [9.17, 15) is 4.79 Å². The van der Waals surface area contributed by atoms with Crippen molar-refractivity contribution in [2.45, 2.75) is 57.0 Å². The molecule has 1 aromatic heterocycles. The van der Waals surface area contributed by atoms with Crippen LogP contribution in [-0.2, 0) is 24.1 Å². The summed E-state index contributed by atoms with van der Waals surface area (Å²) in [5, 5.41) is 2.11. The van der Waals surface area contributed by atoms with Gasteiger partial charge in [-0.1, -0.05) is 30.3 Å². The highest BCUT2D eigenvalue weighted by Gasteiger charge is 2.32. The molecule has 1 aromatic carbocycles. The number of amides is 1. The minimum Gasteiger partial charge on any atom is -0.341 e. The molecular weight excluding hydrogens is 352 g/mol. The first-order valence-electron chi connectivity index (χ1n) is 10.3. The van der Waals surface area contributed by atoms with E-state index in [1.54, 1.807) is 11.3 Å². The largest absolute Gasteiger partial charge is 0.341 e. The van der Waals surface area contributed by atoms with E-state index in [4.69, 9.17) is 0 Å². The summed E-state index contributed by atoms with van der Waals surface area (Å²) in [5.41, 5.74) is 3.03. The third-order valence-corrected chi connectivity index (χ3v) is 7.25. The third-order valence-electron chi connectivity index (χ3n) is 6.31. The second-order valence-electron chi connectivity index (χ2n) is 8.06. The average molecular weight is 383 g/mol. The van der Waals surface area contributed by atoms with Gasteiger partial charge in [0.2, 0.25) is 5.91 Å². The summed E-state index contributed by atoms with van der Waals surface area (Å²) in [7, 11) is 2.02. The molecular formula is C23H30N2OS. The number of likely N-dealkylation sites (tertiary alicyclic amines) is 1. The quantitative estimate of drug-likeness (QED) is 0.749. The molecule has 1 aliphatic heterocycles. The van der Waals surface area contributed by atoms with E-state index < -0.39 is 0 Å². The van der Waals surface area contributed by atoms with E-state index in [0.717, 1.165) is 25.8 Å². The fourth-order valence-corrected chi connectivity index (χ4v) is 5.42. The Morgan fingerprint density at radius 3 is 2.67 bits per heavy atom. The molecule has 1 amide bonds. The molecule has 3 nitrogen and oxygen atoms in total. The lowest BCUT2D eigenvalue weighted by molar-refractivity contribution is -0.133. The minimum atomic E-state index is 0.313. The molecule has 0 unspecified atom stereocenters. The summed E-state index contributed by atoms with van der Waals surface area (Å²) >= 11 is 1.79. The van der Waals surface area contributed by atoms with Crippen LogP contribution in [0.5, 0.6) is 0 Å². The Balaban J connectivity index is 1.28. The van der Waals surface area contributed by atoms with Crippen LogP contribution in [0, 0.1) is 0 Å². The van der Waals surface area contributed by atoms with Crippen molar-refractivity contribution in [2.75, 3.05) is 20.1 Å². The van der Waals surface area contributed by atoms with Gasteiger partial charge in [-0.2, -0.15) is 0 Å². The molecule has 0 bridgehead atoms. The number of carbonyl (C=O) groups excluding carboxylic acids is 1. The van der Waals surface area contributed by atoms with E-state index in [1.165, 1.54) is 41.8 Å². The minimum absolute atomic E-state index is 0.313. The maximum Gasteiger partial charge on any atom is 0.222 e. The first-order valence-corrected chi connectivity index (χ1v) is 11.2. The lowest BCUT2D eigenvalue weighted by Crippen LogP contribution is -2.51. The maximum atomic E-state index is 12.7. The molecule has 0 N–H and O–H groups in total. The van der Waals surface area contributed by atoms with Gasteiger partial charge in [-0.05, 0) is 67.6 Å². The summed E-state index contributed by atoms with van der Waals surface area (Å²) in [5.74, 6) is 0.313. The Bertz CT molecular complexity index is 732. The Labute approximate surface area is 167 Å². The number of aryl methyl sites for hydroxylation is 1. The van der Waals surface area contributed by atoms with E-state index in [-0.39, 0.29) is 0 Å². The van der Waals surface area contributed by atoms with Crippen molar-refractivity contribution in [1.29, 1.82) is 0 Å². The zero-order valence-corrected chi connectivity index (χ0v) is 17.1. The molecule has 1 atom stereocenters. The molecule has 1 aliphatic carbocycles. The summed E-state index contributed by atoms with van der Waals surface area (Å²) < 4.78 is 0. The predicted octanol–water partition coefficient (Wildman–Crippen LogP) is 4.16. The smallest absolute Gasteiger partial charge is 0.222 e. The van der Waals surface area contributed by atoms with Crippen LogP contribution in [0.3, 0.4) is 0 Å². The van der Waals surface area contributed by atoms with Gasteiger partial charge in [-0.15, -0.1) is 11.3 Å². The fraction of sp³-hybridized carbons (Fsp3) is 0.522. The van der Waals surface area contributed by atoms with Crippen molar-refractivity contribution in [1.82, 2.24) is 9.80 Å². The molecule has 2 aromatic rings. The fourth-order valence-electron chi connectivity index (χ4n) is 4.67. The first-order chi connectivity index (χ1) is 13.2. The van der Waals surface area contributed by atoms with Gasteiger partial charge in [-0.3, -0.25) is 9.69 Å². The number of likely N-dealkylation sites (N-methyl/N-ethyl adjacent to an activating group) is 1. The predicted molar refractivity (Wildman–Crippen MR) is 112 cm³/mol. The molecule has 144 valence electrons. The van der Waals surface area contributed by atoms with E-state index in [1.807, 2.05) is 11.9 Å². The number of hydrogen-bond acceptors (Lipinski definition) is 3. The molecule has 4 heteroatoms. The summed E-state index contributed by atoms with van der Waals surface area (Å²) in [4.78, 5) is 18.8. The van der Waals surface area contributed by atoms with Crippen LogP contribution in [0.2, 0.25) is 0 Å². The SMILES string of the molecule is CN(C(=O)CCCc1cccs1)[C@@H]1CCCN(C2Cc3ccccc3C2)C1. The maximum absolute atomic E-state index is 12.7. The van der Waals surface area contributed by atoms with E-state index in [0.29, 0.717) is 24.4 Å². The molecule has 0 saturated carbocycles. The lowest BCUT2D eigenvalue weighted by atomic mass is 10.0. The Morgan fingerprint density at radius 1 is 1.19 bits per heavy atom. The molecule has 1 saturated heterocycles. The monoisotopic (exact) mass is 382 g/mol. The van der Waals surface area contributed by atoms with Gasteiger partial charge < -0.3 is 4.90 Å². The lowest BCUT2D eigenvalue weighted by Gasteiger charge is -2.40. The molecule has 2 heterocycles. The molecule has 27 heavy (non-hydrogen) atoms. The Hall–Kier alpha value is -1.65. The van der Waals surface area contributed by atoms with Gasteiger partial charge in [0.25, 0.3) is 0 Å². The number of thiophene rings is 1. The summed E-state index contributed by atoms with van der Waals surface area (Å²) in [6.45, 7) is 2.21. The van der Waals surface area contributed by atoms with Crippen molar-refractivity contribution in [3.8, 4) is 0 Å². The summed E-state index contributed by atoms with van der Waals surface area (Å²) in [6.07, 6.45) is 7.32. The highest BCUT2D eigenvalue weighted by Crippen LogP contribution is 2.28. The van der Waals surface area contributed by atoms with Gasteiger partial charge >= 0.3 is 0 Å². The second kappa shape index (κ2) is 8.57.